The molecule has 4 aromatic carbocycles. The van der Waals surface area contributed by atoms with Gasteiger partial charge in [0.25, 0.3) is 5.56 Å². The minimum absolute atomic E-state index is 0.0448. The number of aliphatic hydroxyl groups excluding tert-OH is 1. The van der Waals surface area contributed by atoms with Crippen LogP contribution in [0.2, 0.25) is 0 Å². The number of benzene rings is 4. The Kier molecular flexibility index (Phi) is 9.04. The third kappa shape index (κ3) is 6.25. The molecule has 1 aliphatic heterocycles. The molecule has 5 aromatic rings. The van der Waals surface area contributed by atoms with Crippen LogP contribution in [0.5, 0.6) is 5.75 Å². The first-order valence-corrected chi connectivity index (χ1v) is 14.7. The van der Waals surface area contributed by atoms with Crippen LogP contribution in [0.3, 0.4) is 0 Å². The Hall–Kier alpha value is -4.80. The largest absolute Gasteiger partial charge is 0.497 e. The summed E-state index contributed by atoms with van der Waals surface area (Å²) in [5.41, 5.74) is 1.28. The first-order valence-electron chi connectivity index (χ1n) is 14.7. The summed E-state index contributed by atoms with van der Waals surface area (Å²) >= 11 is 0. The Bertz CT molecular complexity index is 1690. The molecule has 0 saturated carbocycles. The quantitative estimate of drug-likeness (QED) is 0.215. The van der Waals surface area contributed by atoms with Gasteiger partial charge in [0.15, 0.2) is 6.23 Å². The molecule has 0 amide bonds. The number of nitrogens with zero attached hydrogens (tertiary/aromatic N) is 1. The molecule has 2 N–H and O–H groups in total. The fourth-order valence-corrected chi connectivity index (χ4v) is 5.78. The molecule has 1 saturated heterocycles. The van der Waals surface area contributed by atoms with Crippen molar-refractivity contribution in [1.82, 2.24) is 9.55 Å². The predicted molar refractivity (Wildman–Crippen MR) is 168 cm³/mol. The van der Waals surface area contributed by atoms with Crippen LogP contribution >= 0.6 is 0 Å². The number of aromatic amines is 1. The molecule has 0 spiro atoms. The molecule has 0 bridgehead atoms. The van der Waals surface area contributed by atoms with E-state index in [0.717, 1.165) is 22.3 Å². The average molecular weight is 607 g/mol. The van der Waals surface area contributed by atoms with Gasteiger partial charge in [-0.2, -0.15) is 0 Å². The number of ether oxygens (including phenoxy) is 4. The number of hydrogen-bond donors (Lipinski definition) is 2. The maximum Gasteiger partial charge on any atom is 0.330 e. The minimum atomic E-state index is -1.17. The topological polar surface area (TPSA) is 112 Å². The number of methoxy groups -OCH3 is 1. The van der Waals surface area contributed by atoms with Gasteiger partial charge in [-0.05, 0) is 34.4 Å². The molecular formula is C36H34N2O7. The second kappa shape index (κ2) is 13.5. The summed E-state index contributed by atoms with van der Waals surface area (Å²) in [4.78, 5) is 26.9. The fraction of sp³-hybridized carbons (Fsp3) is 0.222. The summed E-state index contributed by atoms with van der Waals surface area (Å²) in [5.74, 6) is 0.705. The van der Waals surface area contributed by atoms with Crippen molar-refractivity contribution in [3.63, 3.8) is 0 Å². The van der Waals surface area contributed by atoms with E-state index in [1.807, 2.05) is 115 Å². The van der Waals surface area contributed by atoms with E-state index in [9.17, 15) is 14.7 Å². The van der Waals surface area contributed by atoms with Gasteiger partial charge < -0.3 is 24.1 Å². The van der Waals surface area contributed by atoms with E-state index in [2.05, 4.69) is 4.98 Å². The molecule has 1 aromatic heterocycles. The van der Waals surface area contributed by atoms with Crippen LogP contribution in [-0.2, 0) is 26.4 Å². The number of nitrogens with one attached hydrogen (secondary N) is 1. The highest BCUT2D eigenvalue weighted by molar-refractivity contribution is 5.47. The van der Waals surface area contributed by atoms with E-state index in [-0.39, 0.29) is 13.2 Å². The van der Waals surface area contributed by atoms with Gasteiger partial charge in [-0.25, -0.2) is 4.79 Å². The van der Waals surface area contributed by atoms with Crippen molar-refractivity contribution in [2.45, 2.75) is 36.7 Å². The van der Waals surface area contributed by atoms with Crippen molar-refractivity contribution >= 4 is 0 Å². The summed E-state index contributed by atoms with van der Waals surface area (Å²) in [6, 6.07) is 38.2. The van der Waals surface area contributed by atoms with Crippen LogP contribution in [0.25, 0.3) is 0 Å². The zero-order valence-electron chi connectivity index (χ0n) is 24.7. The number of rotatable bonds is 11. The molecule has 4 atom stereocenters. The van der Waals surface area contributed by atoms with Crippen molar-refractivity contribution in [2.24, 2.45) is 0 Å². The molecule has 2 heterocycles. The Morgan fingerprint density at radius 3 is 1.87 bits per heavy atom. The van der Waals surface area contributed by atoms with Crippen LogP contribution in [0, 0.1) is 0 Å². The summed E-state index contributed by atoms with van der Waals surface area (Å²) in [6.07, 6.45) is -2.70. The Morgan fingerprint density at radius 1 is 0.800 bits per heavy atom. The molecule has 9 nitrogen and oxygen atoms in total. The molecule has 0 aliphatic carbocycles. The first-order chi connectivity index (χ1) is 22.0. The molecule has 230 valence electrons. The van der Waals surface area contributed by atoms with Crippen molar-refractivity contribution in [3.8, 4) is 5.75 Å². The van der Waals surface area contributed by atoms with E-state index in [0.29, 0.717) is 5.75 Å². The molecule has 1 fully saturated rings. The fourth-order valence-electron chi connectivity index (χ4n) is 5.78. The third-order valence-electron chi connectivity index (χ3n) is 8.04. The lowest BCUT2D eigenvalue weighted by Gasteiger charge is -2.37. The average Bonchev–Trinajstić information content (AvgIpc) is 3.40. The van der Waals surface area contributed by atoms with E-state index in [1.54, 1.807) is 7.11 Å². The third-order valence-corrected chi connectivity index (χ3v) is 8.04. The highest BCUT2D eigenvalue weighted by atomic mass is 16.6. The zero-order valence-corrected chi connectivity index (χ0v) is 24.7. The van der Waals surface area contributed by atoms with Gasteiger partial charge in [-0.15, -0.1) is 0 Å². The van der Waals surface area contributed by atoms with Gasteiger partial charge in [0.2, 0.25) is 0 Å². The standard InChI is InChI=1S/C36H34N2O7/c1-42-29-19-17-25(18-20-29)23-43-33-32(40)30(45-34(33)38-22-21-31(39)37-35(38)41)24-44-36(26-11-5-2-6-12-26,27-13-7-3-8-14-27)28-15-9-4-10-16-28/h2-22,30,32-34,40H,23-24H2,1H3,(H,37,39,41)/t30-,32-,33-,34-/m1/s1. The second-order valence-electron chi connectivity index (χ2n) is 10.8. The van der Waals surface area contributed by atoms with Crippen LogP contribution < -0.4 is 16.0 Å². The Balaban J connectivity index is 1.34. The number of H-pyrrole nitrogens is 1. The number of hydrogen-bond acceptors (Lipinski definition) is 7. The molecule has 9 heteroatoms. The SMILES string of the molecule is COc1ccc(CO[C@@H]2[C@H](O)[C@@H](COC(c3ccccc3)(c3ccccc3)c3ccccc3)O[C@H]2n2ccc(=O)[nH]c2=O)cc1. The molecule has 0 radical (unpaired) electrons. The van der Waals surface area contributed by atoms with Crippen molar-refractivity contribution in [1.29, 1.82) is 0 Å². The predicted octanol–water partition coefficient (Wildman–Crippen LogP) is 4.40. The van der Waals surface area contributed by atoms with E-state index in [1.165, 1.54) is 16.8 Å². The van der Waals surface area contributed by atoms with E-state index in [4.69, 9.17) is 18.9 Å². The van der Waals surface area contributed by atoms with E-state index >= 15 is 0 Å². The summed E-state index contributed by atoms with van der Waals surface area (Å²) in [6.45, 7) is 0.0933. The second-order valence-corrected chi connectivity index (χ2v) is 10.8. The highest BCUT2D eigenvalue weighted by Crippen LogP contribution is 2.42. The van der Waals surface area contributed by atoms with Gasteiger partial charge in [-0.1, -0.05) is 103 Å². The van der Waals surface area contributed by atoms with Gasteiger partial charge in [0.05, 0.1) is 20.3 Å². The van der Waals surface area contributed by atoms with Crippen LogP contribution in [0.4, 0.5) is 0 Å². The van der Waals surface area contributed by atoms with Crippen LogP contribution in [0.15, 0.2) is 137 Å². The normalized spacial score (nSPS) is 19.8. The smallest absolute Gasteiger partial charge is 0.330 e. The summed E-state index contributed by atoms with van der Waals surface area (Å²) < 4.78 is 25.9. The van der Waals surface area contributed by atoms with Crippen LogP contribution in [0.1, 0.15) is 28.5 Å². The van der Waals surface area contributed by atoms with E-state index < -0.39 is 41.4 Å². The monoisotopic (exact) mass is 606 g/mol. The Labute approximate surface area is 260 Å². The molecule has 0 unspecified atom stereocenters. The van der Waals surface area contributed by atoms with Gasteiger partial charge in [0, 0.05) is 12.3 Å². The van der Waals surface area contributed by atoms with Gasteiger partial charge in [0.1, 0.15) is 29.7 Å². The van der Waals surface area contributed by atoms with Gasteiger partial charge in [-0.3, -0.25) is 14.3 Å². The lowest BCUT2D eigenvalue weighted by molar-refractivity contribution is -0.0991. The summed E-state index contributed by atoms with van der Waals surface area (Å²) in [5, 5.41) is 11.7. The lowest BCUT2D eigenvalue weighted by Crippen LogP contribution is -2.41. The van der Waals surface area contributed by atoms with Gasteiger partial charge >= 0.3 is 5.69 Å². The maximum atomic E-state index is 12.8. The molecule has 1 aliphatic rings. The zero-order chi connectivity index (χ0) is 31.2. The Morgan fingerprint density at radius 2 is 1.36 bits per heavy atom. The van der Waals surface area contributed by atoms with Crippen LogP contribution in [-0.4, -0.2) is 46.7 Å². The first kappa shape index (κ1) is 30.2. The van der Waals surface area contributed by atoms with Crippen molar-refractivity contribution in [2.75, 3.05) is 13.7 Å². The van der Waals surface area contributed by atoms with Crippen molar-refractivity contribution in [3.05, 3.63) is 171 Å². The van der Waals surface area contributed by atoms with Crippen molar-refractivity contribution < 1.29 is 24.1 Å². The number of aliphatic hydroxyl groups is 1. The molecule has 45 heavy (non-hydrogen) atoms. The molecular weight excluding hydrogens is 572 g/mol. The molecule has 6 rings (SSSR count). The maximum absolute atomic E-state index is 12.8. The summed E-state index contributed by atoms with van der Waals surface area (Å²) in [7, 11) is 1.59. The lowest BCUT2D eigenvalue weighted by atomic mass is 9.80. The minimum Gasteiger partial charge on any atom is -0.497 e. The highest BCUT2D eigenvalue weighted by Gasteiger charge is 2.48. The number of aromatic nitrogens is 2.